The molecule has 1 fully saturated rings. The number of carbonyl (C=O) groups is 1. The van der Waals surface area contributed by atoms with E-state index in [0.29, 0.717) is 6.42 Å². The zero-order valence-electron chi connectivity index (χ0n) is 5.76. The van der Waals surface area contributed by atoms with Crippen LogP contribution in [0.2, 0.25) is 0 Å². The molecule has 4 nitrogen and oxygen atoms in total. The molecule has 0 atom stereocenters. The monoisotopic (exact) mass is 144 g/mol. The zero-order chi connectivity index (χ0) is 7.40. The summed E-state index contributed by atoms with van der Waals surface area (Å²) in [7, 11) is 0. The molecule has 0 saturated carbocycles. The Morgan fingerprint density at radius 3 is 2.60 bits per heavy atom. The lowest BCUT2D eigenvalue weighted by Gasteiger charge is -2.07. The van der Waals surface area contributed by atoms with Crippen LogP contribution in [0.4, 0.5) is 0 Å². The summed E-state index contributed by atoms with van der Waals surface area (Å²) in [5, 5.41) is 14.6. The number of carboxylic acid groups (broad SMARTS) is 1. The van der Waals surface area contributed by atoms with Crippen molar-refractivity contribution < 1.29 is 9.90 Å². The highest BCUT2D eigenvalue weighted by atomic mass is 16.4. The molecule has 10 heavy (non-hydrogen) atoms. The van der Waals surface area contributed by atoms with Gasteiger partial charge in [0.25, 0.3) is 0 Å². The van der Waals surface area contributed by atoms with Gasteiger partial charge >= 0.3 is 5.97 Å². The molecule has 58 valence electrons. The van der Waals surface area contributed by atoms with Crippen LogP contribution in [0.25, 0.3) is 0 Å². The molecule has 0 unspecified atom stereocenters. The van der Waals surface area contributed by atoms with Gasteiger partial charge in [-0.15, -0.1) is 0 Å². The van der Waals surface area contributed by atoms with Crippen molar-refractivity contribution in [2.45, 2.75) is 19.0 Å². The molecular weight excluding hydrogens is 132 g/mol. The van der Waals surface area contributed by atoms with Crippen LogP contribution in [0.1, 0.15) is 12.8 Å². The second kappa shape index (κ2) is 3.53. The van der Waals surface area contributed by atoms with Crippen molar-refractivity contribution in [3.8, 4) is 0 Å². The lowest BCUT2D eigenvalue weighted by Crippen LogP contribution is -2.31. The van der Waals surface area contributed by atoms with Crippen LogP contribution in [-0.2, 0) is 4.79 Å². The predicted octanol–water partition coefficient (Wildman–Crippen LogP) is -0.630. The molecule has 1 rings (SSSR count). The predicted molar refractivity (Wildman–Crippen MR) is 36.7 cm³/mol. The third-order valence-electron chi connectivity index (χ3n) is 1.55. The Kier molecular flexibility index (Phi) is 2.65. The Labute approximate surface area is 59.6 Å². The second-order valence-electron chi connectivity index (χ2n) is 2.39. The summed E-state index contributed by atoms with van der Waals surface area (Å²) in [6, 6.07) is 0. The van der Waals surface area contributed by atoms with Crippen LogP contribution in [0, 0.1) is 0 Å². The van der Waals surface area contributed by atoms with Crippen LogP contribution in [0.5, 0.6) is 0 Å². The molecule has 0 spiro atoms. The molecule has 1 heterocycles. The number of aliphatic carboxylic acids is 1. The average molecular weight is 144 g/mol. The molecule has 1 aliphatic rings. The highest BCUT2D eigenvalue weighted by Crippen LogP contribution is 1.96. The van der Waals surface area contributed by atoms with E-state index in [-0.39, 0.29) is 12.6 Å². The van der Waals surface area contributed by atoms with E-state index in [1.807, 2.05) is 0 Å². The van der Waals surface area contributed by atoms with Gasteiger partial charge in [-0.2, -0.15) is 0 Å². The molecule has 0 aliphatic carbocycles. The minimum absolute atomic E-state index is 0.219. The fourth-order valence-corrected chi connectivity index (χ4v) is 1.04. The summed E-state index contributed by atoms with van der Waals surface area (Å²) in [5.74, 6) is -0.726. The Morgan fingerprint density at radius 1 is 1.50 bits per heavy atom. The van der Waals surface area contributed by atoms with E-state index in [1.165, 1.54) is 0 Å². The fourth-order valence-electron chi connectivity index (χ4n) is 1.04. The molecule has 1 saturated heterocycles. The lowest BCUT2D eigenvalue weighted by atomic mass is 10.2. The lowest BCUT2D eigenvalue weighted by molar-refractivity contribution is -0.137. The molecule has 1 aliphatic heterocycles. The molecular formula is C6H12N2O2. The molecule has 0 amide bonds. The van der Waals surface area contributed by atoms with Crippen molar-refractivity contribution in [3.05, 3.63) is 0 Å². The van der Waals surface area contributed by atoms with E-state index in [4.69, 9.17) is 5.11 Å². The summed E-state index contributed by atoms with van der Waals surface area (Å²) >= 11 is 0. The van der Waals surface area contributed by atoms with Gasteiger partial charge in [0.2, 0.25) is 0 Å². The number of nitrogens with one attached hydrogen (secondary N) is 2. The number of hydrogen-bond acceptors (Lipinski definition) is 3. The van der Waals surface area contributed by atoms with Crippen LogP contribution in [0.3, 0.4) is 0 Å². The standard InChI is InChI=1S/C6H12N2O2/c9-6(10)2-1-5-7-3-4-8-5/h5,7-8H,1-4H2,(H,9,10). The average Bonchev–Trinajstić information content (AvgIpc) is 2.34. The summed E-state index contributed by atoms with van der Waals surface area (Å²) in [6.45, 7) is 1.90. The van der Waals surface area contributed by atoms with Gasteiger partial charge in [0.15, 0.2) is 0 Å². The van der Waals surface area contributed by atoms with Gasteiger partial charge in [0.1, 0.15) is 0 Å². The third-order valence-corrected chi connectivity index (χ3v) is 1.55. The van der Waals surface area contributed by atoms with E-state index >= 15 is 0 Å². The number of rotatable bonds is 3. The maximum Gasteiger partial charge on any atom is 0.303 e. The zero-order valence-corrected chi connectivity index (χ0v) is 5.76. The molecule has 4 heteroatoms. The van der Waals surface area contributed by atoms with E-state index in [1.54, 1.807) is 0 Å². The Bertz CT molecular complexity index is 121. The van der Waals surface area contributed by atoms with E-state index in [2.05, 4.69) is 10.6 Å². The summed E-state index contributed by atoms with van der Waals surface area (Å²) in [5.41, 5.74) is 0. The van der Waals surface area contributed by atoms with E-state index in [9.17, 15) is 4.79 Å². The second-order valence-corrected chi connectivity index (χ2v) is 2.39. The first-order chi connectivity index (χ1) is 4.79. The third kappa shape index (κ3) is 2.33. The largest absolute Gasteiger partial charge is 0.481 e. The summed E-state index contributed by atoms with van der Waals surface area (Å²) in [4.78, 5) is 10.1. The van der Waals surface area contributed by atoms with Gasteiger partial charge in [-0.05, 0) is 6.42 Å². The first kappa shape index (κ1) is 7.50. The summed E-state index contributed by atoms with van der Waals surface area (Å²) < 4.78 is 0. The molecule has 3 N–H and O–H groups in total. The van der Waals surface area contributed by atoms with Crippen molar-refractivity contribution in [1.29, 1.82) is 0 Å². The van der Waals surface area contributed by atoms with Crippen molar-refractivity contribution >= 4 is 5.97 Å². The molecule has 0 aromatic rings. The normalized spacial score (nSPS) is 19.6. The first-order valence-electron chi connectivity index (χ1n) is 3.47. The van der Waals surface area contributed by atoms with Crippen LogP contribution < -0.4 is 10.6 Å². The van der Waals surface area contributed by atoms with Crippen LogP contribution >= 0.6 is 0 Å². The Balaban J connectivity index is 2.07. The highest BCUT2D eigenvalue weighted by molar-refractivity contribution is 5.66. The quantitative estimate of drug-likeness (QED) is 0.493. The minimum atomic E-state index is -0.726. The topological polar surface area (TPSA) is 61.4 Å². The van der Waals surface area contributed by atoms with Crippen molar-refractivity contribution in [2.24, 2.45) is 0 Å². The summed E-state index contributed by atoms with van der Waals surface area (Å²) in [6.07, 6.45) is 1.14. The van der Waals surface area contributed by atoms with E-state index < -0.39 is 5.97 Å². The minimum Gasteiger partial charge on any atom is -0.481 e. The van der Waals surface area contributed by atoms with Crippen LogP contribution in [-0.4, -0.2) is 30.3 Å². The van der Waals surface area contributed by atoms with Gasteiger partial charge in [0, 0.05) is 19.5 Å². The smallest absolute Gasteiger partial charge is 0.303 e. The van der Waals surface area contributed by atoms with Gasteiger partial charge in [-0.3, -0.25) is 4.79 Å². The SMILES string of the molecule is O=C(O)CCC1NCCN1. The number of hydrogen-bond donors (Lipinski definition) is 3. The van der Waals surface area contributed by atoms with Crippen LogP contribution in [0.15, 0.2) is 0 Å². The van der Waals surface area contributed by atoms with Crippen molar-refractivity contribution in [1.82, 2.24) is 10.6 Å². The molecule has 0 bridgehead atoms. The highest BCUT2D eigenvalue weighted by Gasteiger charge is 2.13. The van der Waals surface area contributed by atoms with Gasteiger partial charge < -0.3 is 15.7 Å². The fraction of sp³-hybridized carbons (Fsp3) is 0.833. The van der Waals surface area contributed by atoms with Gasteiger partial charge in [-0.25, -0.2) is 0 Å². The van der Waals surface area contributed by atoms with Crippen molar-refractivity contribution in [2.75, 3.05) is 13.1 Å². The van der Waals surface area contributed by atoms with Crippen molar-refractivity contribution in [3.63, 3.8) is 0 Å². The Hall–Kier alpha value is -0.610. The maximum absolute atomic E-state index is 10.1. The first-order valence-corrected chi connectivity index (χ1v) is 3.47. The molecule has 0 aromatic carbocycles. The number of carboxylic acids is 1. The van der Waals surface area contributed by atoms with Gasteiger partial charge in [0.05, 0.1) is 6.17 Å². The Morgan fingerprint density at radius 2 is 2.10 bits per heavy atom. The molecule has 0 radical (unpaired) electrons. The maximum atomic E-state index is 10.1. The van der Waals surface area contributed by atoms with E-state index in [0.717, 1.165) is 13.1 Å². The molecule has 0 aromatic heterocycles. The van der Waals surface area contributed by atoms with Gasteiger partial charge in [-0.1, -0.05) is 0 Å².